The van der Waals surface area contributed by atoms with Crippen molar-refractivity contribution < 1.29 is 0 Å². The van der Waals surface area contributed by atoms with E-state index in [1.165, 1.54) is 82.7 Å². The summed E-state index contributed by atoms with van der Waals surface area (Å²) in [5.41, 5.74) is 6.54. The van der Waals surface area contributed by atoms with Crippen LogP contribution in [0.1, 0.15) is 37.2 Å². The monoisotopic (exact) mass is 511 g/mol. The van der Waals surface area contributed by atoms with E-state index in [0.717, 1.165) is 5.69 Å². The zero-order valence-corrected chi connectivity index (χ0v) is 22.0. The lowest BCUT2D eigenvalue weighted by Gasteiger charge is -2.19. The molecule has 1 fully saturated rings. The van der Waals surface area contributed by atoms with Gasteiger partial charge in [-0.25, -0.2) is 0 Å². The van der Waals surface area contributed by atoms with Crippen molar-refractivity contribution >= 4 is 63.0 Å². The highest BCUT2D eigenvalue weighted by Gasteiger charge is 2.29. The molecule has 0 N–H and O–H groups in total. The molecule has 0 amide bonds. The predicted octanol–water partition coefficient (Wildman–Crippen LogP) is 10.8. The minimum atomic E-state index is 0.605. The van der Waals surface area contributed by atoms with Crippen LogP contribution in [-0.4, -0.2) is 4.98 Å². The van der Waals surface area contributed by atoms with Crippen LogP contribution in [0.4, 0.5) is 0 Å². The van der Waals surface area contributed by atoms with Gasteiger partial charge in [0.2, 0.25) is 0 Å². The number of rotatable bonds is 3. The fraction of sp³-hybridized carbons (Fsp3) is 0.147. The second-order valence-electron chi connectivity index (χ2n) is 10.2. The summed E-state index contributed by atoms with van der Waals surface area (Å²) < 4.78 is 5.70. The number of aromatic nitrogens is 1. The molecule has 1 aliphatic carbocycles. The molecule has 0 unspecified atom stereocenters. The van der Waals surface area contributed by atoms with E-state index in [2.05, 4.69) is 91.0 Å². The Balaban J connectivity index is 1.57. The third kappa shape index (κ3) is 3.31. The smallest absolute Gasteiger partial charge is 0.0708 e. The lowest BCUT2D eigenvalue weighted by Crippen LogP contribution is -1.98. The Kier molecular flexibility index (Phi) is 4.96. The second-order valence-corrected chi connectivity index (χ2v) is 12.3. The largest absolute Gasteiger partial charge is 0.256 e. The van der Waals surface area contributed by atoms with Crippen molar-refractivity contribution in [3.63, 3.8) is 0 Å². The number of nitrogens with zero attached hydrogens (tertiary/aromatic N) is 1. The van der Waals surface area contributed by atoms with Crippen LogP contribution in [0.5, 0.6) is 0 Å². The van der Waals surface area contributed by atoms with Gasteiger partial charge in [0, 0.05) is 57.7 Å². The normalized spacial score (nSPS) is 14.5. The van der Waals surface area contributed by atoms with Crippen molar-refractivity contribution in [1.29, 1.82) is 0 Å². The van der Waals surface area contributed by atoms with Crippen molar-refractivity contribution in [1.82, 2.24) is 4.98 Å². The summed E-state index contributed by atoms with van der Waals surface area (Å²) in [5, 5.41) is 5.69. The molecule has 1 saturated carbocycles. The lowest BCUT2D eigenvalue weighted by molar-refractivity contribution is 0.733. The predicted molar refractivity (Wildman–Crippen MR) is 162 cm³/mol. The Labute approximate surface area is 224 Å². The number of fused-ring (bicyclic) bond motifs is 7. The quantitative estimate of drug-likeness (QED) is 0.230. The maximum absolute atomic E-state index is 4.79. The number of hydrogen-bond acceptors (Lipinski definition) is 3. The number of hydrogen-bond donors (Lipinski definition) is 0. The molecule has 0 radical (unpaired) electrons. The van der Waals surface area contributed by atoms with E-state index in [1.807, 2.05) is 28.9 Å². The van der Waals surface area contributed by atoms with Gasteiger partial charge in [-0.15, -0.1) is 22.7 Å². The van der Waals surface area contributed by atoms with Crippen molar-refractivity contribution in [2.24, 2.45) is 0 Å². The summed E-state index contributed by atoms with van der Waals surface area (Å²) in [4.78, 5) is 4.79. The highest BCUT2D eigenvalue weighted by molar-refractivity contribution is 7.28. The molecule has 0 aliphatic heterocycles. The van der Waals surface area contributed by atoms with E-state index < -0.39 is 0 Å². The molecule has 1 aliphatic rings. The Morgan fingerprint density at radius 2 is 1.24 bits per heavy atom. The van der Waals surface area contributed by atoms with E-state index in [4.69, 9.17) is 4.98 Å². The molecule has 0 bridgehead atoms. The van der Waals surface area contributed by atoms with Crippen LogP contribution in [0.3, 0.4) is 0 Å². The molecule has 1 nitrogen and oxygen atoms in total. The molecule has 3 aromatic heterocycles. The van der Waals surface area contributed by atoms with E-state index in [9.17, 15) is 0 Å². The molecule has 0 saturated heterocycles. The summed E-state index contributed by atoms with van der Waals surface area (Å²) in [6, 6.07) is 33.2. The SMILES string of the molecule is c1ccc(-c2cc(-c3c(C4CCCC4)c4sc5ccccc5c4c4c3sc3ccccc34)ccn2)cc1. The van der Waals surface area contributed by atoms with Crippen LogP contribution in [0, 0.1) is 0 Å². The van der Waals surface area contributed by atoms with E-state index in [-0.39, 0.29) is 0 Å². The zero-order chi connectivity index (χ0) is 24.3. The van der Waals surface area contributed by atoms with Crippen LogP contribution >= 0.6 is 22.7 Å². The Bertz CT molecular complexity index is 1940. The van der Waals surface area contributed by atoms with E-state index in [1.54, 1.807) is 5.56 Å². The molecule has 3 heteroatoms. The molecule has 178 valence electrons. The minimum absolute atomic E-state index is 0.605. The summed E-state index contributed by atoms with van der Waals surface area (Å²) in [6.45, 7) is 0. The second kappa shape index (κ2) is 8.51. The van der Waals surface area contributed by atoms with Crippen LogP contribution in [-0.2, 0) is 0 Å². The fourth-order valence-electron chi connectivity index (χ4n) is 6.43. The van der Waals surface area contributed by atoms with Gasteiger partial charge in [0.1, 0.15) is 0 Å². The molecule has 0 atom stereocenters. The molecule has 3 heterocycles. The van der Waals surface area contributed by atoms with Gasteiger partial charge >= 0.3 is 0 Å². The first-order chi connectivity index (χ1) is 18.4. The maximum atomic E-state index is 4.79. The molecular formula is C34H25NS2. The standard InChI is InChI=1S/C34H25NS2/c1-2-10-21(11-3-1)26-20-23(18-19-35-26)30-29(22-12-4-5-13-22)33-31(24-14-6-8-16-27(24)36-33)32-25-15-7-9-17-28(25)37-34(30)32/h1-3,6-11,14-20,22H,4-5,12-13H2. The molecule has 7 aromatic rings. The van der Waals surface area contributed by atoms with Gasteiger partial charge in [0.15, 0.2) is 0 Å². The number of thiophene rings is 2. The van der Waals surface area contributed by atoms with Gasteiger partial charge in [0.05, 0.1) is 5.69 Å². The van der Waals surface area contributed by atoms with Gasteiger partial charge in [0.25, 0.3) is 0 Å². The summed E-state index contributed by atoms with van der Waals surface area (Å²) in [7, 11) is 0. The average molecular weight is 512 g/mol. The third-order valence-corrected chi connectivity index (χ3v) is 10.5. The van der Waals surface area contributed by atoms with Gasteiger partial charge < -0.3 is 0 Å². The third-order valence-electron chi connectivity index (χ3n) is 8.06. The van der Waals surface area contributed by atoms with Gasteiger partial charge in [-0.05, 0) is 54.2 Å². The highest BCUT2D eigenvalue weighted by Crippen LogP contribution is 2.54. The summed E-state index contributed by atoms with van der Waals surface area (Å²) >= 11 is 3.97. The number of benzene rings is 4. The van der Waals surface area contributed by atoms with Crippen LogP contribution in [0.15, 0.2) is 97.2 Å². The molecule has 8 rings (SSSR count). The lowest BCUT2D eigenvalue weighted by atomic mass is 9.86. The van der Waals surface area contributed by atoms with Crippen molar-refractivity contribution in [3.8, 4) is 22.4 Å². The van der Waals surface area contributed by atoms with E-state index >= 15 is 0 Å². The van der Waals surface area contributed by atoms with Crippen molar-refractivity contribution in [2.75, 3.05) is 0 Å². The molecular weight excluding hydrogens is 487 g/mol. The van der Waals surface area contributed by atoms with Gasteiger partial charge in [-0.3, -0.25) is 4.98 Å². The first-order valence-corrected chi connectivity index (χ1v) is 14.8. The minimum Gasteiger partial charge on any atom is -0.256 e. The maximum Gasteiger partial charge on any atom is 0.0708 e. The van der Waals surface area contributed by atoms with Crippen LogP contribution in [0.25, 0.3) is 62.7 Å². The average Bonchev–Trinajstić information content (AvgIpc) is 3.70. The highest BCUT2D eigenvalue weighted by atomic mass is 32.1. The molecule has 37 heavy (non-hydrogen) atoms. The molecule has 4 aromatic carbocycles. The van der Waals surface area contributed by atoms with Crippen molar-refractivity contribution in [2.45, 2.75) is 31.6 Å². The Morgan fingerprint density at radius 1 is 0.622 bits per heavy atom. The zero-order valence-electron chi connectivity index (χ0n) is 20.4. The summed E-state index contributed by atoms with van der Waals surface area (Å²) in [5.74, 6) is 0.605. The topological polar surface area (TPSA) is 12.9 Å². The summed E-state index contributed by atoms with van der Waals surface area (Å²) in [6.07, 6.45) is 7.22. The van der Waals surface area contributed by atoms with Crippen LogP contribution < -0.4 is 0 Å². The first-order valence-electron chi connectivity index (χ1n) is 13.2. The number of pyridine rings is 1. The fourth-order valence-corrected chi connectivity index (χ4v) is 9.06. The van der Waals surface area contributed by atoms with Gasteiger partial charge in [-0.2, -0.15) is 0 Å². The Hall–Kier alpha value is -3.53. The van der Waals surface area contributed by atoms with E-state index in [0.29, 0.717) is 5.92 Å². The van der Waals surface area contributed by atoms with Gasteiger partial charge in [-0.1, -0.05) is 79.6 Å². The van der Waals surface area contributed by atoms with Crippen molar-refractivity contribution in [3.05, 3.63) is 103 Å². The molecule has 0 spiro atoms. The first kappa shape index (κ1) is 21.5. The van der Waals surface area contributed by atoms with Crippen LogP contribution in [0.2, 0.25) is 0 Å². The Morgan fingerprint density at radius 3 is 1.97 bits per heavy atom.